The zero-order valence-corrected chi connectivity index (χ0v) is 9.77. The first-order chi connectivity index (χ1) is 6.59. The highest BCUT2D eigenvalue weighted by atomic mass is 32.2. The van der Waals surface area contributed by atoms with Gasteiger partial charge in [0, 0.05) is 24.0 Å². The topological polar surface area (TPSA) is 16.1 Å². The number of anilines is 1. The number of nitrogens with zero attached hydrogens (tertiary/aromatic N) is 2. The molecule has 14 heavy (non-hydrogen) atoms. The van der Waals surface area contributed by atoms with Crippen molar-refractivity contribution in [3.63, 3.8) is 0 Å². The van der Waals surface area contributed by atoms with Gasteiger partial charge in [-0.2, -0.15) is 0 Å². The van der Waals surface area contributed by atoms with Crippen molar-refractivity contribution in [2.75, 3.05) is 17.2 Å². The highest BCUT2D eigenvalue weighted by molar-refractivity contribution is 7.99. The van der Waals surface area contributed by atoms with Gasteiger partial charge in [-0.1, -0.05) is 0 Å². The van der Waals surface area contributed by atoms with E-state index in [4.69, 9.17) is 0 Å². The Morgan fingerprint density at radius 2 is 2.21 bits per heavy atom. The second-order valence-corrected chi connectivity index (χ2v) is 5.63. The molecule has 0 saturated carbocycles. The van der Waals surface area contributed by atoms with Crippen LogP contribution in [-0.2, 0) is 0 Å². The fourth-order valence-corrected chi connectivity index (χ4v) is 2.66. The normalized spacial score (nSPS) is 16.6. The van der Waals surface area contributed by atoms with Crippen LogP contribution in [0.2, 0.25) is 0 Å². The van der Waals surface area contributed by atoms with E-state index < -0.39 is 0 Å². The first kappa shape index (κ1) is 9.84. The van der Waals surface area contributed by atoms with Crippen molar-refractivity contribution < 1.29 is 0 Å². The van der Waals surface area contributed by atoms with Crippen LogP contribution >= 0.6 is 11.8 Å². The van der Waals surface area contributed by atoms with Crippen molar-refractivity contribution in [2.45, 2.75) is 31.2 Å². The summed E-state index contributed by atoms with van der Waals surface area (Å²) >= 11 is 1.90. The lowest BCUT2D eigenvalue weighted by atomic mass is 10.1. The quantitative estimate of drug-likeness (QED) is 0.652. The summed E-state index contributed by atoms with van der Waals surface area (Å²) in [4.78, 5) is 8.17. The van der Waals surface area contributed by atoms with E-state index >= 15 is 0 Å². The van der Waals surface area contributed by atoms with Gasteiger partial charge >= 0.3 is 0 Å². The summed E-state index contributed by atoms with van der Waals surface area (Å²) in [5.41, 5.74) is 0.171. The fourth-order valence-electron chi connectivity index (χ4n) is 1.70. The Bertz CT molecular complexity index is 330. The smallest absolute Gasteiger partial charge is 0.142 e. The third-order valence-electron chi connectivity index (χ3n) is 2.39. The molecule has 0 N–H and O–H groups in total. The molecule has 1 aliphatic heterocycles. The highest BCUT2D eigenvalue weighted by Crippen LogP contribution is 2.35. The van der Waals surface area contributed by atoms with E-state index in [1.807, 2.05) is 24.0 Å². The molecule has 76 valence electrons. The zero-order valence-electron chi connectivity index (χ0n) is 8.95. The molecule has 0 radical (unpaired) electrons. The third kappa shape index (κ3) is 1.73. The van der Waals surface area contributed by atoms with Gasteiger partial charge in [0.25, 0.3) is 0 Å². The van der Waals surface area contributed by atoms with Crippen LogP contribution in [0.3, 0.4) is 0 Å². The van der Waals surface area contributed by atoms with Crippen LogP contribution < -0.4 is 4.90 Å². The number of fused-ring (bicyclic) bond motifs is 1. The highest BCUT2D eigenvalue weighted by Gasteiger charge is 2.27. The van der Waals surface area contributed by atoms with Crippen LogP contribution in [0.25, 0.3) is 0 Å². The van der Waals surface area contributed by atoms with E-state index in [2.05, 4.69) is 36.7 Å². The van der Waals surface area contributed by atoms with Gasteiger partial charge in [-0.15, -0.1) is 11.8 Å². The molecule has 0 spiro atoms. The molecule has 2 nitrogen and oxygen atoms in total. The summed E-state index contributed by atoms with van der Waals surface area (Å²) in [5, 5.41) is 0. The van der Waals surface area contributed by atoms with Crippen molar-refractivity contribution in [3.05, 3.63) is 18.3 Å². The molecule has 1 aromatic rings. The van der Waals surface area contributed by atoms with E-state index in [1.54, 1.807) is 0 Å². The maximum atomic E-state index is 4.47. The van der Waals surface area contributed by atoms with E-state index in [9.17, 15) is 0 Å². The Labute approximate surface area is 89.7 Å². The number of aromatic nitrogens is 1. The molecule has 0 aromatic carbocycles. The molecule has 0 bridgehead atoms. The predicted octanol–water partition coefficient (Wildman–Crippen LogP) is 2.79. The maximum absolute atomic E-state index is 4.47. The van der Waals surface area contributed by atoms with Crippen molar-refractivity contribution in [1.82, 2.24) is 4.98 Å². The molecular weight excluding hydrogens is 192 g/mol. The first-order valence-electron chi connectivity index (χ1n) is 4.94. The maximum Gasteiger partial charge on any atom is 0.142 e. The van der Waals surface area contributed by atoms with Gasteiger partial charge in [0.05, 0.1) is 4.90 Å². The fraction of sp³-hybridized carbons (Fsp3) is 0.545. The average Bonchev–Trinajstić information content (AvgIpc) is 2.15. The standard InChI is InChI=1S/C11H16N2S/c1-11(2,3)13-7-8-14-9-5-4-6-12-10(9)13/h4-6H,7-8H2,1-3H3. The largest absolute Gasteiger partial charge is 0.350 e. The molecule has 1 aliphatic rings. The van der Waals surface area contributed by atoms with Gasteiger partial charge in [-0.3, -0.25) is 0 Å². The molecule has 0 amide bonds. The van der Waals surface area contributed by atoms with Crippen LogP contribution in [0.15, 0.2) is 23.2 Å². The van der Waals surface area contributed by atoms with Crippen molar-refractivity contribution in [1.29, 1.82) is 0 Å². The van der Waals surface area contributed by atoms with Crippen LogP contribution in [-0.4, -0.2) is 22.8 Å². The third-order valence-corrected chi connectivity index (χ3v) is 3.41. The summed E-state index contributed by atoms with van der Waals surface area (Å²) in [5.74, 6) is 2.31. The number of thioether (sulfide) groups is 1. The average molecular weight is 208 g/mol. The minimum atomic E-state index is 0.171. The lowest BCUT2D eigenvalue weighted by Crippen LogP contribution is -2.45. The second-order valence-electron chi connectivity index (χ2n) is 4.50. The monoisotopic (exact) mass is 208 g/mol. The van der Waals surface area contributed by atoms with Crippen molar-refractivity contribution in [2.24, 2.45) is 0 Å². The van der Waals surface area contributed by atoms with Crippen molar-refractivity contribution in [3.8, 4) is 0 Å². The number of hydrogen-bond donors (Lipinski definition) is 0. The Morgan fingerprint density at radius 1 is 1.43 bits per heavy atom. The van der Waals surface area contributed by atoms with Crippen LogP contribution in [0, 0.1) is 0 Å². The molecular formula is C11H16N2S. The Hall–Kier alpha value is -0.700. The van der Waals surface area contributed by atoms with Gasteiger partial charge in [-0.25, -0.2) is 4.98 Å². The Kier molecular flexibility index (Phi) is 2.43. The summed E-state index contributed by atoms with van der Waals surface area (Å²) in [6, 6.07) is 4.17. The van der Waals surface area contributed by atoms with Gasteiger partial charge in [0.2, 0.25) is 0 Å². The van der Waals surface area contributed by atoms with Crippen LogP contribution in [0.1, 0.15) is 20.8 Å². The molecule has 0 saturated heterocycles. The van der Waals surface area contributed by atoms with E-state index in [1.165, 1.54) is 4.90 Å². The van der Waals surface area contributed by atoms with E-state index in [0.29, 0.717) is 0 Å². The summed E-state index contributed by atoms with van der Waals surface area (Å²) in [6.07, 6.45) is 1.88. The molecule has 0 aliphatic carbocycles. The molecule has 2 heterocycles. The number of pyridine rings is 1. The second kappa shape index (κ2) is 3.46. The van der Waals surface area contributed by atoms with E-state index in [-0.39, 0.29) is 5.54 Å². The molecule has 0 fully saturated rings. The lowest BCUT2D eigenvalue weighted by molar-refractivity contribution is 0.504. The zero-order chi connectivity index (χ0) is 10.2. The van der Waals surface area contributed by atoms with Gasteiger partial charge in [-0.05, 0) is 32.9 Å². The predicted molar refractivity (Wildman–Crippen MR) is 62.1 cm³/mol. The minimum Gasteiger partial charge on any atom is -0.350 e. The number of hydrogen-bond acceptors (Lipinski definition) is 3. The SMILES string of the molecule is CC(C)(C)N1CCSc2cccnc21. The van der Waals surface area contributed by atoms with E-state index in [0.717, 1.165) is 18.1 Å². The molecule has 0 atom stereocenters. The number of rotatable bonds is 0. The summed E-state index contributed by atoms with van der Waals surface area (Å²) in [7, 11) is 0. The molecule has 2 rings (SSSR count). The van der Waals surface area contributed by atoms with Crippen LogP contribution in [0.5, 0.6) is 0 Å². The molecule has 3 heteroatoms. The summed E-state index contributed by atoms with van der Waals surface area (Å²) in [6.45, 7) is 7.81. The minimum absolute atomic E-state index is 0.171. The first-order valence-corrected chi connectivity index (χ1v) is 5.93. The van der Waals surface area contributed by atoms with Crippen molar-refractivity contribution >= 4 is 17.6 Å². The van der Waals surface area contributed by atoms with Crippen LogP contribution in [0.4, 0.5) is 5.82 Å². The lowest BCUT2D eigenvalue weighted by Gasteiger charge is -2.40. The van der Waals surface area contributed by atoms with Gasteiger partial charge in [0.1, 0.15) is 5.82 Å². The Balaban J connectivity index is 2.41. The van der Waals surface area contributed by atoms with Gasteiger partial charge < -0.3 is 4.90 Å². The van der Waals surface area contributed by atoms with Gasteiger partial charge in [0.15, 0.2) is 0 Å². The summed E-state index contributed by atoms with van der Waals surface area (Å²) < 4.78 is 0. The Morgan fingerprint density at radius 3 is 2.93 bits per heavy atom. The molecule has 0 unspecified atom stereocenters. The molecule has 1 aromatic heterocycles.